The van der Waals surface area contributed by atoms with E-state index in [-0.39, 0.29) is 10.8 Å². The van der Waals surface area contributed by atoms with Crippen molar-refractivity contribution >= 4 is 0 Å². The van der Waals surface area contributed by atoms with Gasteiger partial charge in [-0.2, -0.15) is 0 Å². The molecule has 0 aliphatic rings. The number of ether oxygens (including phenoxy) is 1. The Labute approximate surface area is 179 Å². The van der Waals surface area contributed by atoms with Gasteiger partial charge in [0.1, 0.15) is 11.5 Å². The van der Waals surface area contributed by atoms with Crippen molar-refractivity contribution in [1.29, 1.82) is 0 Å². The molecule has 29 heavy (non-hydrogen) atoms. The van der Waals surface area contributed by atoms with Gasteiger partial charge in [-0.3, -0.25) is 0 Å². The van der Waals surface area contributed by atoms with Crippen molar-refractivity contribution in [3.8, 4) is 11.5 Å². The van der Waals surface area contributed by atoms with Crippen molar-refractivity contribution in [2.24, 2.45) is 0 Å². The van der Waals surface area contributed by atoms with E-state index in [0.29, 0.717) is 0 Å². The van der Waals surface area contributed by atoms with Crippen molar-refractivity contribution in [1.82, 2.24) is 0 Å². The third kappa shape index (κ3) is 6.63. The fraction of sp³-hybridized carbons (Fsp3) is 0.571. The van der Waals surface area contributed by atoms with Crippen molar-refractivity contribution in [2.45, 2.75) is 104 Å². The summed E-state index contributed by atoms with van der Waals surface area (Å²) in [6.07, 6.45) is 10.0. The molecular weight excluding hydrogens is 352 g/mol. The van der Waals surface area contributed by atoms with Crippen LogP contribution in [0.2, 0.25) is 0 Å². The normalized spacial score (nSPS) is 12.2. The highest BCUT2D eigenvalue weighted by Gasteiger charge is 2.27. The van der Waals surface area contributed by atoms with E-state index in [1.54, 1.807) is 0 Å². The highest BCUT2D eigenvalue weighted by molar-refractivity contribution is 5.46. The van der Waals surface area contributed by atoms with E-state index >= 15 is 0 Å². The molecule has 0 fully saturated rings. The summed E-state index contributed by atoms with van der Waals surface area (Å²) < 4.78 is 6.63. The molecule has 0 aromatic heterocycles. The molecule has 1 nitrogen and oxygen atoms in total. The second-order valence-corrected chi connectivity index (χ2v) is 9.78. The molecule has 1 heteroatoms. The van der Waals surface area contributed by atoms with E-state index in [4.69, 9.17) is 4.74 Å². The van der Waals surface area contributed by atoms with Crippen LogP contribution in [0.25, 0.3) is 0 Å². The molecule has 0 aliphatic heterocycles. The first-order valence-corrected chi connectivity index (χ1v) is 11.7. The van der Waals surface area contributed by atoms with Crippen LogP contribution in [-0.2, 0) is 10.8 Å². The van der Waals surface area contributed by atoms with Crippen LogP contribution in [-0.4, -0.2) is 0 Å². The van der Waals surface area contributed by atoms with Gasteiger partial charge in [-0.05, 0) is 35.8 Å². The van der Waals surface area contributed by atoms with Crippen LogP contribution in [0.4, 0.5) is 0 Å². The molecule has 2 aromatic carbocycles. The monoisotopic (exact) mass is 394 g/mol. The standard InChI is InChI=1S/C28H42O/c1-7-9-15-21-27(3,4)23-17-11-13-19-25(23)29-26-20-14-12-18-24(26)28(5,6)22-16-10-8-2/h11-14,17-20H,7-10,15-16,21-22H2,1-6H3. The Balaban J connectivity index is 2.30. The van der Waals surface area contributed by atoms with Crippen molar-refractivity contribution in [2.75, 3.05) is 0 Å². The first-order chi connectivity index (χ1) is 13.8. The van der Waals surface area contributed by atoms with Crippen LogP contribution in [0, 0.1) is 0 Å². The minimum atomic E-state index is 0.108. The summed E-state index contributed by atoms with van der Waals surface area (Å²) in [4.78, 5) is 0. The van der Waals surface area contributed by atoms with Crippen LogP contribution in [0.15, 0.2) is 48.5 Å². The molecule has 0 saturated carbocycles. The first kappa shape index (κ1) is 23.5. The molecular formula is C28H42O. The van der Waals surface area contributed by atoms with Gasteiger partial charge in [0.05, 0.1) is 0 Å². The molecule has 0 saturated heterocycles. The van der Waals surface area contributed by atoms with Gasteiger partial charge in [-0.1, -0.05) is 116 Å². The second-order valence-electron chi connectivity index (χ2n) is 9.78. The molecule has 0 N–H and O–H groups in total. The number of rotatable bonds is 12. The molecule has 2 rings (SSSR count). The lowest BCUT2D eigenvalue weighted by Gasteiger charge is -2.30. The maximum atomic E-state index is 6.63. The van der Waals surface area contributed by atoms with E-state index in [1.807, 2.05) is 0 Å². The minimum absolute atomic E-state index is 0.108. The van der Waals surface area contributed by atoms with Crippen LogP contribution in [0.3, 0.4) is 0 Å². The lowest BCUT2D eigenvalue weighted by atomic mass is 9.79. The fourth-order valence-electron chi connectivity index (χ4n) is 4.25. The highest BCUT2D eigenvalue weighted by atomic mass is 16.5. The van der Waals surface area contributed by atoms with Gasteiger partial charge in [-0.25, -0.2) is 0 Å². The topological polar surface area (TPSA) is 9.23 Å². The third-order valence-corrected chi connectivity index (χ3v) is 6.26. The second kappa shape index (κ2) is 10.9. The lowest BCUT2D eigenvalue weighted by molar-refractivity contribution is 0.394. The van der Waals surface area contributed by atoms with Gasteiger partial charge < -0.3 is 4.74 Å². The number of para-hydroxylation sites is 2. The van der Waals surface area contributed by atoms with E-state index < -0.39 is 0 Å². The number of unbranched alkanes of at least 4 members (excludes halogenated alkanes) is 4. The zero-order chi connectivity index (χ0) is 21.3. The molecule has 0 aliphatic carbocycles. The maximum Gasteiger partial charge on any atom is 0.131 e. The van der Waals surface area contributed by atoms with Crippen LogP contribution in [0.5, 0.6) is 11.5 Å². The summed E-state index contributed by atoms with van der Waals surface area (Å²) in [7, 11) is 0. The molecule has 0 spiro atoms. The van der Waals surface area contributed by atoms with Gasteiger partial charge >= 0.3 is 0 Å². The predicted molar refractivity (Wildman–Crippen MR) is 127 cm³/mol. The van der Waals surface area contributed by atoms with Gasteiger partial charge in [0.15, 0.2) is 0 Å². The number of hydrogen-bond acceptors (Lipinski definition) is 1. The Kier molecular flexibility index (Phi) is 8.80. The minimum Gasteiger partial charge on any atom is -0.457 e. The molecule has 0 heterocycles. The van der Waals surface area contributed by atoms with Crippen LogP contribution < -0.4 is 4.74 Å². The summed E-state index contributed by atoms with van der Waals surface area (Å²) in [6, 6.07) is 17.2. The fourth-order valence-corrected chi connectivity index (χ4v) is 4.25. The quantitative estimate of drug-likeness (QED) is 0.326. The Morgan fingerprint density at radius 2 is 0.966 bits per heavy atom. The van der Waals surface area contributed by atoms with Gasteiger partial charge in [-0.15, -0.1) is 0 Å². The molecule has 160 valence electrons. The van der Waals surface area contributed by atoms with E-state index in [2.05, 4.69) is 90.1 Å². The van der Waals surface area contributed by atoms with Gasteiger partial charge in [0.2, 0.25) is 0 Å². The largest absolute Gasteiger partial charge is 0.457 e. The summed E-state index contributed by atoms with van der Waals surface area (Å²) >= 11 is 0. The Hall–Kier alpha value is -1.76. The summed E-state index contributed by atoms with van der Waals surface area (Å²) in [6.45, 7) is 13.9. The molecule has 0 unspecified atom stereocenters. The Morgan fingerprint density at radius 3 is 1.34 bits per heavy atom. The predicted octanol–water partition coefficient (Wildman–Crippen LogP) is 9.19. The zero-order valence-electron chi connectivity index (χ0n) is 19.7. The van der Waals surface area contributed by atoms with E-state index in [1.165, 1.54) is 62.5 Å². The molecule has 0 atom stereocenters. The smallest absolute Gasteiger partial charge is 0.131 e. The molecule has 2 aromatic rings. The average Bonchev–Trinajstić information content (AvgIpc) is 2.69. The first-order valence-electron chi connectivity index (χ1n) is 11.7. The zero-order valence-corrected chi connectivity index (χ0v) is 19.7. The average molecular weight is 395 g/mol. The number of benzene rings is 2. The SMILES string of the molecule is CCCCCC(C)(C)c1ccccc1Oc1ccccc1C(C)(C)CCCCC. The Morgan fingerprint density at radius 1 is 0.586 bits per heavy atom. The van der Waals surface area contributed by atoms with E-state index in [9.17, 15) is 0 Å². The van der Waals surface area contributed by atoms with Crippen molar-refractivity contribution < 1.29 is 4.74 Å². The van der Waals surface area contributed by atoms with Gasteiger partial charge in [0.25, 0.3) is 0 Å². The van der Waals surface area contributed by atoms with Crippen molar-refractivity contribution in [3.05, 3.63) is 59.7 Å². The van der Waals surface area contributed by atoms with Crippen LogP contribution >= 0.6 is 0 Å². The van der Waals surface area contributed by atoms with Gasteiger partial charge in [0, 0.05) is 11.1 Å². The Bertz CT molecular complexity index is 678. The number of hydrogen-bond donors (Lipinski definition) is 0. The van der Waals surface area contributed by atoms with E-state index in [0.717, 1.165) is 11.5 Å². The maximum absolute atomic E-state index is 6.63. The highest BCUT2D eigenvalue weighted by Crippen LogP contribution is 2.41. The third-order valence-electron chi connectivity index (χ3n) is 6.26. The van der Waals surface area contributed by atoms with Crippen LogP contribution in [0.1, 0.15) is 104 Å². The molecule has 0 amide bonds. The lowest BCUT2D eigenvalue weighted by Crippen LogP contribution is -2.19. The summed E-state index contributed by atoms with van der Waals surface area (Å²) in [5.41, 5.74) is 2.85. The summed E-state index contributed by atoms with van der Waals surface area (Å²) in [5, 5.41) is 0. The molecule has 0 bridgehead atoms. The summed E-state index contributed by atoms with van der Waals surface area (Å²) in [5.74, 6) is 2.01. The van der Waals surface area contributed by atoms with Crippen molar-refractivity contribution in [3.63, 3.8) is 0 Å². The molecule has 0 radical (unpaired) electrons.